The molecular weight excluding hydrogens is 581 g/mol. The Morgan fingerprint density at radius 1 is 0.583 bits per heavy atom. The van der Waals surface area contributed by atoms with Gasteiger partial charge in [-0.05, 0) is 112 Å². The van der Waals surface area contributed by atoms with Crippen LogP contribution in [0.2, 0.25) is 0 Å². The van der Waals surface area contributed by atoms with Gasteiger partial charge in [-0.15, -0.1) is 0 Å². The van der Waals surface area contributed by atoms with Crippen LogP contribution in [-0.4, -0.2) is 6.04 Å². The molecule has 0 fully saturated rings. The van der Waals surface area contributed by atoms with Crippen molar-refractivity contribution in [2.75, 3.05) is 9.80 Å². The average molecular weight is 623 g/mol. The van der Waals surface area contributed by atoms with E-state index < -0.39 is 0 Å². The molecular formula is C46H42N2. The van der Waals surface area contributed by atoms with E-state index in [0.717, 1.165) is 17.8 Å². The molecule has 2 nitrogen and oxygen atoms in total. The summed E-state index contributed by atoms with van der Waals surface area (Å²) < 4.78 is 0. The number of nitrogens with zero attached hydrogens (tertiary/aromatic N) is 2. The van der Waals surface area contributed by atoms with Crippen molar-refractivity contribution < 1.29 is 0 Å². The van der Waals surface area contributed by atoms with Gasteiger partial charge in [-0.25, -0.2) is 0 Å². The lowest BCUT2D eigenvalue weighted by Crippen LogP contribution is -2.34. The smallest absolute Gasteiger partial charge is 0.0784 e. The number of allylic oxidation sites excluding steroid dienone is 2. The highest BCUT2D eigenvalue weighted by atomic mass is 15.2. The summed E-state index contributed by atoms with van der Waals surface area (Å²) >= 11 is 0. The quantitative estimate of drug-likeness (QED) is 0.167. The van der Waals surface area contributed by atoms with E-state index in [9.17, 15) is 0 Å². The molecule has 236 valence electrons. The Morgan fingerprint density at radius 2 is 1.10 bits per heavy atom. The van der Waals surface area contributed by atoms with E-state index in [1.807, 2.05) is 0 Å². The van der Waals surface area contributed by atoms with Crippen molar-refractivity contribution in [3.8, 4) is 0 Å². The molecule has 0 saturated heterocycles. The van der Waals surface area contributed by atoms with E-state index in [1.165, 1.54) is 61.2 Å². The topological polar surface area (TPSA) is 6.48 Å². The molecule has 48 heavy (non-hydrogen) atoms. The van der Waals surface area contributed by atoms with Gasteiger partial charge in [-0.1, -0.05) is 125 Å². The SMILES string of the molecule is CC(C)C1=CC(N(c2ccccc2)c2ccccc2)C2=CCc3c(C(C)C)cc(N(c4ccccc4)c4ccccc4)c4ccc1c2c34. The first-order valence-corrected chi connectivity index (χ1v) is 17.4. The van der Waals surface area contributed by atoms with E-state index >= 15 is 0 Å². The van der Waals surface area contributed by atoms with Crippen molar-refractivity contribution in [1.29, 1.82) is 0 Å². The van der Waals surface area contributed by atoms with Crippen LogP contribution in [0.4, 0.5) is 28.4 Å². The van der Waals surface area contributed by atoms with Crippen LogP contribution in [0.25, 0.3) is 21.9 Å². The minimum Gasteiger partial charge on any atom is -0.330 e. The third kappa shape index (κ3) is 5.04. The van der Waals surface area contributed by atoms with Crippen LogP contribution in [0.5, 0.6) is 0 Å². The number of hydrogen-bond acceptors (Lipinski definition) is 2. The van der Waals surface area contributed by atoms with Crippen molar-refractivity contribution in [3.63, 3.8) is 0 Å². The first-order chi connectivity index (χ1) is 23.5. The molecule has 2 aliphatic carbocycles. The molecule has 0 spiro atoms. The van der Waals surface area contributed by atoms with Gasteiger partial charge in [0.05, 0.1) is 11.7 Å². The number of benzene rings is 6. The van der Waals surface area contributed by atoms with Crippen LogP contribution in [0, 0.1) is 5.92 Å². The lowest BCUT2D eigenvalue weighted by molar-refractivity contribution is 0.831. The van der Waals surface area contributed by atoms with Crippen molar-refractivity contribution in [3.05, 3.63) is 174 Å². The second-order valence-corrected chi connectivity index (χ2v) is 13.7. The summed E-state index contributed by atoms with van der Waals surface area (Å²) in [5.41, 5.74) is 14.5. The molecule has 0 bridgehead atoms. The predicted octanol–water partition coefficient (Wildman–Crippen LogP) is 12.6. The maximum Gasteiger partial charge on any atom is 0.0784 e. The van der Waals surface area contributed by atoms with Gasteiger partial charge >= 0.3 is 0 Å². The van der Waals surface area contributed by atoms with Gasteiger partial charge in [0.15, 0.2) is 0 Å². The Bertz CT molecular complexity index is 2060. The maximum absolute atomic E-state index is 2.54. The molecule has 0 aromatic heterocycles. The lowest BCUT2D eigenvalue weighted by atomic mass is 9.72. The Balaban J connectivity index is 1.43. The van der Waals surface area contributed by atoms with Crippen LogP contribution in [0.15, 0.2) is 152 Å². The summed E-state index contributed by atoms with van der Waals surface area (Å²) in [6.07, 6.45) is 6.00. The largest absolute Gasteiger partial charge is 0.330 e. The lowest BCUT2D eigenvalue weighted by Gasteiger charge is -2.41. The fourth-order valence-electron chi connectivity index (χ4n) is 7.92. The van der Waals surface area contributed by atoms with Crippen LogP contribution in [0.3, 0.4) is 0 Å². The molecule has 8 rings (SSSR count). The molecule has 0 aliphatic heterocycles. The van der Waals surface area contributed by atoms with Gasteiger partial charge in [-0.3, -0.25) is 0 Å². The summed E-state index contributed by atoms with van der Waals surface area (Å²) in [6.45, 7) is 9.38. The maximum atomic E-state index is 2.54. The fraction of sp³-hybridized carbons (Fsp3) is 0.174. The van der Waals surface area contributed by atoms with E-state index in [4.69, 9.17) is 0 Å². The zero-order chi connectivity index (χ0) is 32.8. The zero-order valence-electron chi connectivity index (χ0n) is 28.3. The average Bonchev–Trinajstić information content (AvgIpc) is 3.13. The second-order valence-electron chi connectivity index (χ2n) is 13.7. The Kier molecular flexibility index (Phi) is 7.73. The summed E-state index contributed by atoms with van der Waals surface area (Å²) in [5.74, 6) is 0.756. The number of anilines is 5. The molecule has 2 heteroatoms. The summed E-state index contributed by atoms with van der Waals surface area (Å²) in [5, 5.41) is 2.72. The standard InChI is InChI=1S/C46H42N2/c1-31(2)41-29-43(47(33-17-9-5-10-18-33)34-19-11-6-12-20-34)39-28-26-38-42(32(3)4)30-44(40-27-25-37(41)45(39)46(38)40)48(35-21-13-7-14-22-35)36-23-15-8-16-24-36/h5-25,27-32,43H,26H2,1-4H3. The summed E-state index contributed by atoms with van der Waals surface area (Å²) in [7, 11) is 0. The third-order valence-electron chi connectivity index (χ3n) is 10.1. The highest BCUT2D eigenvalue weighted by Crippen LogP contribution is 2.52. The highest BCUT2D eigenvalue weighted by molar-refractivity contribution is 6.12. The molecule has 2 aliphatic rings. The monoisotopic (exact) mass is 622 g/mol. The third-order valence-corrected chi connectivity index (χ3v) is 10.1. The van der Waals surface area contributed by atoms with Crippen LogP contribution in [0.1, 0.15) is 55.9 Å². The minimum atomic E-state index is 0.0592. The molecule has 0 saturated carbocycles. The van der Waals surface area contributed by atoms with E-state index in [1.54, 1.807) is 0 Å². The summed E-state index contributed by atoms with van der Waals surface area (Å²) in [4.78, 5) is 4.99. The molecule has 6 aromatic carbocycles. The van der Waals surface area contributed by atoms with Gasteiger partial charge in [0.1, 0.15) is 0 Å². The number of para-hydroxylation sites is 4. The Labute approximate surface area is 285 Å². The van der Waals surface area contributed by atoms with Gasteiger partial charge in [0.2, 0.25) is 0 Å². The Morgan fingerprint density at radius 3 is 1.60 bits per heavy atom. The van der Waals surface area contributed by atoms with Crippen molar-refractivity contribution in [2.45, 2.75) is 46.1 Å². The molecule has 1 atom stereocenters. The molecule has 6 aromatic rings. The second kappa shape index (κ2) is 12.4. The van der Waals surface area contributed by atoms with Crippen molar-refractivity contribution in [1.82, 2.24) is 0 Å². The Hall–Kier alpha value is -5.34. The van der Waals surface area contributed by atoms with Crippen molar-refractivity contribution in [2.24, 2.45) is 5.92 Å². The van der Waals surface area contributed by atoms with Crippen molar-refractivity contribution >= 4 is 50.4 Å². The van der Waals surface area contributed by atoms with Gasteiger partial charge in [0.25, 0.3) is 0 Å². The van der Waals surface area contributed by atoms with E-state index in [-0.39, 0.29) is 6.04 Å². The minimum absolute atomic E-state index is 0.0592. The molecule has 0 amide bonds. The molecule has 0 radical (unpaired) electrons. The number of hydrogen-bond donors (Lipinski definition) is 0. The molecule has 0 N–H and O–H groups in total. The fourth-order valence-corrected chi connectivity index (χ4v) is 7.92. The summed E-state index contributed by atoms with van der Waals surface area (Å²) in [6, 6.07) is 50.8. The van der Waals surface area contributed by atoms with Gasteiger partial charge < -0.3 is 9.80 Å². The van der Waals surface area contributed by atoms with Crippen LogP contribution < -0.4 is 9.80 Å². The zero-order valence-corrected chi connectivity index (χ0v) is 28.3. The van der Waals surface area contributed by atoms with Gasteiger partial charge in [0, 0.05) is 28.1 Å². The van der Waals surface area contributed by atoms with Crippen LogP contribution in [-0.2, 0) is 6.42 Å². The normalized spacial score (nSPS) is 15.0. The molecule has 1 unspecified atom stereocenters. The predicted molar refractivity (Wildman–Crippen MR) is 206 cm³/mol. The van der Waals surface area contributed by atoms with E-state index in [0.29, 0.717) is 11.8 Å². The van der Waals surface area contributed by atoms with E-state index in [2.05, 4.69) is 189 Å². The van der Waals surface area contributed by atoms with Gasteiger partial charge in [-0.2, -0.15) is 0 Å². The first kappa shape index (κ1) is 30.0. The number of rotatable bonds is 8. The first-order valence-electron chi connectivity index (χ1n) is 17.4. The van der Waals surface area contributed by atoms with Crippen LogP contribution >= 0.6 is 0 Å². The highest BCUT2D eigenvalue weighted by Gasteiger charge is 2.35. The molecule has 0 heterocycles.